The van der Waals surface area contributed by atoms with Crippen molar-refractivity contribution in [3.8, 4) is 11.5 Å². The summed E-state index contributed by atoms with van der Waals surface area (Å²) in [5.41, 5.74) is 3.15. The third-order valence-corrected chi connectivity index (χ3v) is 6.27. The summed E-state index contributed by atoms with van der Waals surface area (Å²) in [6, 6.07) is 17.4. The molecule has 10 heteroatoms. The summed E-state index contributed by atoms with van der Waals surface area (Å²) in [5.74, 6) is -0.371. The van der Waals surface area contributed by atoms with Crippen molar-refractivity contribution >= 4 is 57.1 Å². The summed E-state index contributed by atoms with van der Waals surface area (Å²) in [7, 11) is 1.43. The summed E-state index contributed by atoms with van der Waals surface area (Å²) < 4.78 is 11.9. The molecule has 3 aromatic rings. The number of nitrogens with one attached hydrogen (secondary N) is 2. The molecule has 0 aromatic heterocycles. The summed E-state index contributed by atoms with van der Waals surface area (Å²) in [6.07, 6.45) is 1.50. The molecule has 3 aromatic carbocycles. The first-order valence-electron chi connectivity index (χ1n) is 11.2. The quantitative estimate of drug-likeness (QED) is 0.268. The number of halogens is 2. The van der Waals surface area contributed by atoms with Gasteiger partial charge in [-0.2, -0.15) is 0 Å². The number of carbonyl (C=O) groups is 3. The molecule has 1 heterocycles. The Labute approximate surface area is 227 Å². The average molecular weight is 585 g/mol. The van der Waals surface area contributed by atoms with E-state index in [-0.39, 0.29) is 41.3 Å². The van der Waals surface area contributed by atoms with Gasteiger partial charge in [0, 0.05) is 10.2 Å². The molecule has 190 valence electrons. The maximum absolute atomic E-state index is 12.9. The molecule has 0 aliphatic carbocycles. The first-order valence-corrected chi connectivity index (χ1v) is 12.4. The number of rotatable bonds is 8. The Kier molecular flexibility index (Phi) is 8.15. The highest BCUT2D eigenvalue weighted by atomic mass is 79.9. The van der Waals surface area contributed by atoms with Gasteiger partial charge in [-0.05, 0) is 60.5 Å². The number of ether oxygens (including phenoxy) is 2. The van der Waals surface area contributed by atoms with Crippen LogP contribution >= 0.6 is 27.5 Å². The van der Waals surface area contributed by atoms with Crippen molar-refractivity contribution in [1.29, 1.82) is 0 Å². The van der Waals surface area contributed by atoms with Gasteiger partial charge in [-0.1, -0.05) is 57.4 Å². The molecule has 0 atom stereocenters. The Bertz CT molecular complexity index is 1370. The van der Waals surface area contributed by atoms with E-state index < -0.39 is 11.9 Å². The van der Waals surface area contributed by atoms with Crippen LogP contribution in [0.3, 0.4) is 0 Å². The fraction of sp³-hybridized carbons (Fsp3) is 0.148. The highest BCUT2D eigenvalue weighted by molar-refractivity contribution is 9.10. The molecule has 1 fully saturated rings. The van der Waals surface area contributed by atoms with Gasteiger partial charge in [0.2, 0.25) is 0 Å². The Morgan fingerprint density at radius 2 is 1.81 bits per heavy atom. The van der Waals surface area contributed by atoms with E-state index in [4.69, 9.17) is 21.1 Å². The van der Waals surface area contributed by atoms with E-state index in [2.05, 4.69) is 26.6 Å². The fourth-order valence-corrected chi connectivity index (χ4v) is 4.13. The number of hydrogen-bond acceptors (Lipinski definition) is 5. The van der Waals surface area contributed by atoms with Crippen molar-refractivity contribution in [1.82, 2.24) is 10.2 Å². The summed E-state index contributed by atoms with van der Waals surface area (Å²) in [4.78, 5) is 38.7. The molecule has 2 N–H and O–H groups in total. The second-order valence-electron chi connectivity index (χ2n) is 8.24. The van der Waals surface area contributed by atoms with Crippen LogP contribution in [0.25, 0.3) is 6.08 Å². The number of urea groups is 1. The lowest BCUT2D eigenvalue weighted by Gasteiger charge is -2.14. The monoisotopic (exact) mass is 583 g/mol. The van der Waals surface area contributed by atoms with Gasteiger partial charge in [0.15, 0.2) is 18.1 Å². The fourth-order valence-electron chi connectivity index (χ4n) is 3.59. The van der Waals surface area contributed by atoms with E-state index in [0.29, 0.717) is 11.3 Å². The van der Waals surface area contributed by atoms with Gasteiger partial charge in [0.05, 0.1) is 18.7 Å². The zero-order valence-corrected chi connectivity index (χ0v) is 22.4. The van der Waals surface area contributed by atoms with Crippen LogP contribution in [0.15, 0.2) is 70.8 Å². The Hall–Kier alpha value is -3.82. The minimum Gasteiger partial charge on any atom is -0.493 e. The number of imide groups is 1. The topological polar surface area (TPSA) is 97.0 Å². The Morgan fingerprint density at radius 1 is 1.11 bits per heavy atom. The molecular weight excluding hydrogens is 562 g/mol. The Balaban J connectivity index is 1.45. The van der Waals surface area contributed by atoms with Crippen molar-refractivity contribution in [2.45, 2.75) is 13.5 Å². The number of nitrogens with zero attached hydrogens (tertiary/aromatic N) is 1. The molecule has 0 radical (unpaired) electrons. The molecule has 1 saturated heterocycles. The van der Waals surface area contributed by atoms with E-state index in [1.54, 1.807) is 24.3 Å². The molecule has 0 unspecified atom stereocenters. The van der Waals surface area contributed by atoms with Gasteiger partial charge in [-0.3, -0.25) is 14.5 Å². The maximum Gasteiger partial charge on any atom is 0.329 e. The van der Waals surface area contributed by atoms with Crippen LogP contribution in [0.2, 0.25) is 5.02 Å². The number of benzene rings is 3. The van der Waals surface area contributed by atoms with Crippen molar-refractivity contribution in [3.05, 3.63) is 92.5 Å². The lowest BCUT2D eigenvalue weighted by atomic mass is 10.1. The second kappa shape index (κ2) is 11.5. The number of aryl methyl sites for hydroxylation is 1. The number of hydrogen-bond donors (Lipinski definition) is 2. The van der Waals surface area contributed by atoms with Gasteiger partial charge in [0.1, 0.15) is 5.70 Å². The van der Waals surface area contributed by atoms with E-state index in [0.717, 1.165) is 20.5 Å². The smallest absolute Gasteiger partial charge is 0.329 e. The molecule has 1 aliphatic rings. The predicted octanol–water partition coefficient (Wildman–Crippen LogP) is 5.53. The van der Waals surface area contributed by atoms with Crippen LogP contribution in [0.5, 0.6) is 11.5 Å². The van der Waals surface area contributed by atoms with Crippen molar-refractivity contribution in [2.75, 3.05) is 19.0 Å². The minimum atomic E-state index is -0.517. The van der Waals surface area contributed by atoms with Crippen molar-refractivity contribution in [2.24, 2.45) is 0 Å². The zero-order chi connectivity index (χ0) is 26.5. The largest absolute Gasteiger partial charge is 0.493 e. The standard InChI is InChI=1S/C27H23BrClN3O5/c1-16-3-9-20(10-4-16)30-24(33)15-37-25-21(29)11-18(13-23(25)36-2)12-22-26(34)32(27(35)31-22)14-17-5-7-19(28)8-6-17/h3-13H,14-15H2,1-2H3,(H,30,33)(H,31,35)/b22-12+. The number of anilines is 1. The third-order valence-electron chi connectivity index (χ3n) is 5.46. The number of amides is 4. The lowest BCUT2D eigenvalue weighted by Crippen LogP contribution is -2.30. The first kappa shape index (κ1) is 26.2. The van der Waals surface area contributed by atoms with Crippen molar-refractivity contribution < 1.29 is 23.9 Å². The van der Waals surface area contributed by atoms with Gasteiger partial charge in [-0.15, -0.1) is 0 Å². The molecule has 0 spiro atoms. The first-order chi connectivity index (χ1) is 17.7. The van der Waals surface area contributed by atoms with Gasteiger partial charge in [-0.25, -0.2) is 4.79 Å². The van der Waals surface area contributed by atoms with Gasteiger partial charge in [0.25, 0.3) is 11.8 Å². The van der Waals surface area contributed by atoms with Gasteiger partial charge < -0.3 is 20.1 Å². The highest BCUT2D eigenvalue weighted by Crippen LogP contribution is 2.37. The third kappa shape index (κ3) is 6.49. The molecule has 8 nitrogen and oxygen atoms in total. The van der Waals surface area contributed by atoms with E-state index in [1.807, 2.05) is 43.3 Å². The molecule has 0 saturated carbocycles. The van der Waals surface area contributed by atoms with Crippen LogP contribution in [0, 0.1) is 6.92 Å². The molecule has 0 bridgehead atoms. The number of carbonyl (C=O) groups excluding carboxylic acids is 3. The van der Waals surface area contributed by atoms with Crippen LogP contribution in [-0.4, -0.2) is 36.5 Å². The predicted molar refractivity (Wildman–Crippen MR) is 145 cm³/mol. The summed E-state index contributed by atoms with van der Waals surface area (Å²) in [5, 5.41) is 5.52. The maximum atomic E-state index is 12.9. The second-order valence-corrected chi connectivity index (χ2v) is 9.57. The number of methoxy groups -OCH3 is 1. The van der Waals surface area contributed by atoms with Crippen LogP contribution < -0.4 is 20.1 Å². The molecular formula is C27H23BrClN3O5. The lowest BCUT2D eigenvalue weighted by molar-refractivity contribution is -0.123. The molecule has 4 amide bonds. The molecule has 37 heavy (non-hydrogen) atoms. The van der Waals surface area contributed by atoms with E-state index >= 15 is 0 Å². The van der Waals surface area contributed by atoms with Crippen LogP contribution in [-0.2, 0) is 16.1 Å². The average Bonchev–Trinajstić information content (AvgIpc) is 3.13. The normalized spacial score (nSPS) is 14.1. The van der Waals surface area contributed by atoms with E-state index in [1.165, 1.54) is 13.2 Å². The molecule has 1 aliphatic heterocycles. The van der Waals surface area contributed by atoms with Crippen molar-refractivity contribution in [3.63, 3.8) is 0 Å². The SMILES string of the molecule is COc1cc(/C=C2/NC(=O)N(Cc3ccc(Br)cc3)C2=O)cc(Cl)c1OCC(=O)Nc1ccc(C)cc1. The minimum absolute atomic E-state index is 0.103. The summed E-state index contributed by atoms with van der Waals surface area (Å²) >= 11 is 9.79. The summed E-state index contributed by atoms with van der Waals surface area (Å²) in [6.45, 7) is 1.81. The van der Waals surface area contributed by atoms with Crippen LogP contribution in [0.4, 0.5) is 10.5 Å². The molecule has 4 rings (SSSR count). The highest BCUT2D eigenvalue weighted by Gasteiger charge is 2.33. The zero-order valence-electron chi connectivity index (χ0n) is 20.0. The Morgan fingerprint density at radius 3 is 2.49 bits per heavy atom. The van der Waals surface area contributed by atoms with E-state index in [9.17, 15) is 14.4 Å². The van der Waals surface area contributed by atoms with Crippen LogP contribution in [0.1, 0.15) is 16.7 Å². The van der Waals surface area contributed by atoms with Gasteiger partial charge >= 0.3 is 6.03 Å².